The molecule has 1 saturated heterocycles. The number of amides is 1. The van der Waals surface area contributed by atoms with Gasteiger partial charge in [-0.3, -0.25) is 4.79 Å². The van der Waals surface area contributed by atoms with Gasteiger partial charge in [0.1, 0.15) is 0 Å². The number of benzene rings is 2. The van der Waals surface area contributed by atoms with Crippen molar-refractivity contribution in [2.75, 3.05) is 26.7 Å². The van der Waals surface area contributed by atoms with Crippen LogP contribution in [0.5, 0.6) is 0 Å². The molecule has 0 saturated carbocycles. The second kappa shape index (κ2) is 10.5. The number of piperidine rings is 1. The van der Waals surface area contributed by atoms with Gasteiger partial charge in [0, 0.05) is 26.7 Å². The molecule has 1 fully saturated rings. The third-order valence-corrected chi connectivity index (χ3v) is 7.76. The first-order valence-corrected chi connectivity index (χ1v) is 12.3. The maximum Gasteiger partial charge on any atom is 0.340 e. The zero-order chi connectivity index (χ0) is 23.3. The number of rotatable bonds is 7. The molecule has 0 aromatic heterocycles. The Morgan fingerprint density at radius 3 is 2.47 bits per heavy atom. The Kier molecular flexibility index (Phi) is 7.92. The van der Waals surface area contributed by atoms with Crippen molar-refractivity contribution < 1.29 is 22.7 Å². The summed E-state index contributed by atoms with van der Waals surface area (Å²) in [5.74, 6) is -1.22. The molecule has 1 amide bonds. The lowest BCUT2D eigenvalue weighted by Gasteiger charge is -2.26. The Labute approximate surface area is 194 Å². The number of ether oxygens (including phenoxy) is 1. The average Bonchev–Trinajstić information content (AvgIpc) is 2.79. The number of hydrogen-bond acceptors (Lipinski definition) is 5. The van der Waals surface area contributed by atoms with E-state index < -0.39 is 22.6 Å². The predicted molar refractivity (Wildman–Crippen MR) is 122 cm³/mol. The van der Waals surface area contributed by atoms with E-state index in [1.54, 1.807) is 7.05 Å². The smallest absolute Gasteiger partial charge is 0.340 e. The molecule has 0 spiro atoms. The summed E-state index contributed by atoms with van der Waals surface area (Å²) in [4.78, 5) is 26.5. The maximum absolute atomic E-state index is 12.9. The third-order valence-electron chi connectivity index (χ3n) is 5.53. The van der Waals surface area contributed by atoms with Crippen molar-refractivity contribution in [3.63, 3.8) is 0 Å². The first-order chi connectivity index (χ1) is 15.2. The average molecular weight is 479 g/mol. The van der Waals surface area contributed by atoms with Gasteiger partial charge in [-0.05, 0) is 49.1 Å². The van der Waals surface area contributed by atoms with Crippen LogP contribution in [0.3, 0.4) is 0 Å². The van der Waals surface area contributed by atoms with E-state index in [0.717, 1.165) is 30.4 Å². The highest BCUT2D eigenvalue weighted by Gasteiger charge is 2.27. The Hall–Kier alpha value is -2.42. The van der Waals surface area contributed by atoms with Crippen LogP contribution in [-0.2, 0) is 26.1 Å². The normalized spacial score (nSPS) is 14.7. The molecule has 0 aliphatic carbocycles. The van der Waals surface area contributed by atoms with Gasteiger partial charge in [0.15, 0.2) is 6.61 Å². The van der Waals surface area contributed by atoms with Crippen molar-refractivity contribution >= 4 is 33.5 Å². The molecule has 7 nitrogen and oxygen atoms in total. The van der Waals surface area contributed by atoms with Gasteiger partial charge < -0.3 is 9.64 Å². The van der Waals surface area contributed by atoms with Crippen molar-refractivity contribution in [1.29, 1.82) is 0 Å². The SMILES string of the molecule is Cc1ccccc1CN(C)C(=O)COC(=O)c1cc(S(=O)(=O)N2CCCCC2)ccc1Cl. The van der Waals surface area contributed by atoms with Crippen LogP contribution >= 0.6 is 11.6 Å². The minimum atomic E-state index is -3.73. The van der Waals surface area contributed by atoms with E-state index in [2.05, 4.69) is 0 Å². The minimum Gasteiger partial charge on any atom is -0.452 e. The first-order valence-electron chi connectivity index (χ1n) is 10.5. The van der Waals surface area contributed by atoms with Crippen LogP contribution in [0.2, 0.25) is 5.02 Å². The molecule has 2 aromatic carbocycles. The van der Waals surface area contributed by atoms with Crippen molar-refractivity contribution in [1.82, 2.24) is 9.21 Å². The molecule has 9 heteroatoms. The van der Waals surface area contributed by atoms with Gasteiger partial charge in [-0.2, -0.15) is 4.31 Å². The predicted octanol–water partition coefficient (Wildman–Crippen LogP) is 3.64. The Morgan fingerprint density at radius 1 is 1.09 bits per heavy atom. The van der Waals surface area contributed by atoms with E-state index in [0.29, 0.717) is 19.6 Å². The van der Waals surface area contributed by atoms with E-state index >= 15 is 0 Å². The van der Waals surface area contributed by atoms with Crippen LogP contribution in [0.4, 0.5) is 0 Å². The molecular formula is C23H27ClN2O5S. The highest BCUT2D eigenvalue weighted by molar-refractivity contribution is 7.89. The second-order valence-corrected chi connectivity index (χ2v) is 10.2. The molecule has 2 aromatic rings. The van der Waals surface area contributed by atoms with Crippen LogP contribution < -0.4 is 0 Å². The summed E-state index contributed by atoms with van der Waals surface area (Å²) in [7, 11) is -2.10. The van der Waals surface area contributed by atoms with Crippen molar-refractivity contribution in [2.45, 2.75) is 37.6 Å². The zero-order valence-electron chi connectivity index (χ0n) is 18.2. The number of sulfonamides is 1. The highest BCUT2D eigenvalue weighted by atomic mass is 35.5. The summed E-state index contributed by atoms with van der Waals surface area (Å²) in [6.45, 7) is 2.77. The van der Waals surface area contributed by atoms with E-state index in [1.807, 2.05) is 31.2 Å². The van der Waals surface area contributed by atoms with Crippen molar-refractivity contribution in [2.24, 2.45) is 0 Å². The minimum absolute atomic E-state index is 0.0150. The van der Waals surface area contributed by atoms with Gasteiger partial charge in [0.25, 0.3) is 5.91 Å². The molecule has 0 N–H and O–H groups in total. The lowest BCUT2D eigenvalue weighted by Crippen LogP contribution is -2.35. The van der Waals surface area contributed by atoms with Crippen LogP contribution in [0.15, 0.2) is 47.4 Å². The third kappa shape index (κ3) is 5.68. The molecule has 0 unspecified atom stereocenters. The molecular weight excluding hydrogens is 452 g/mol. The molecule has 32 heavy (non-hydrogen) atoms. The maximum atomic E-state index is 12.9. The van der Waals surface area contributed by atoms with E-state index in [1.165, 1.54) is 27.4 Å². The summed E-state index contributed by atoms with van der Waals surface area (Å²) in [6.07, 6.45) is 2.61. The summed E-state index contributed by atoms with van der Waals surface area (Å²) in [6, 6.07) is 11.7. The van der Waals surface area contributed by atoms with Crippen LogP contribution in [-0.4, -0.2) is 56.2 Å². The number of halogens is 1. The Balaban J connectivity index is 1.66. The van der Waals surface area contributed by atoms with Gasteiger partial charge in [-0.15, -0.1) is 0 Å². The van der Waals surface area contributed by atoms with E-state index in [-0.39, 0.29) is 21.4 Å². The number of esters is 1. The fraction of sp³-hybridized carbons (Fsp3) is 0.391. The lowest BCUT2D eigenvalue weighted by molar-refractivity contribution is -0.133. The van der Waals surface area contributed by atoms with Crippen LogP contribution in [0.25, 0.3) is 0 Å². The molecule has 3 rings (SSSR count). The van der Waals surface area contributed by atoms with Gasteiger partial charge in [0.05, 0.1) is 15.5 Å². The monoisotopic (exact) mass is 478 g/mol. The summed E-state index contributed by atoms with van der Waals surface area (Å²) in [5, 5.41) is 0.0632. The number of carbonyl (C=O) groups is 2. The first kappa shape index (κ1) is 24.2. The number of hydrogen-bond donors (Lipinski definition) is 0. The topological polar surface area (TPSA) is 84.0 Å². The van der Waals surface area contributed by atoms with Crippen molar-refractivity contribution in [3.8, 4) is 0 Å². The number of aryl methyl sites for hydroxylation is 1. The van der Waals surface area contributed by atoms with Gasteiger partial charge in [-0.25, -0.2) is 13.2 Å². The molecule has 0 bridgehead atoms. The molecule has 0 radical (unpaired) electrons. The number of carbonyl (C=O) groups excluding carboxylic acids is 2. The Bertz CT molecular complexity index is 1100. The van der Waals surface area contributed by atoms with Crippen molar-refractivity contribution in [3.05, 3.63) is 64.2 Å². The Morgan fingerprint density at radius 2 is 1.78 bits per heavy atom. The van der Waals surface area contributed by atoms with E-state index in [9.17, 15) is 18.0 Å². The summed E-state index contributed by atoms with van der Waals surface area (Å²) >= 11 is 6.12. The second-order valence-electron chi connectivity index (χ2n) is 7.86. The molecule has 1 aliphatic rings. The zero-order valence-corrected chi connectivity index (χ0v) is 19.8. The fourth-order valence-corrected chi connectivity index (χ4v) is 5.26. The highest BCUT2D eigenvalue weighted by Crippen LogP contribution is 2.25. The molecule has 172 valence electrons. The number of likely N-dealkylation sites (N-methyl/N-ethyl adjacent to an activating group) is 1. The largest absolute Gasteiger partial charge is 0.452 e. The van der Waals surface area contributed by atoms with Gasteiger partial charge >= 0.3 is 5.97 Å². The lowest BCUT2D eigenvalue weighted by atomic mass is 10.1. The van der Waals surface area contributed by atoms with Crippen LogP contribution in [0.1, 0.15) is 40.7 Å². The standard InChI is InChI=1S/C23H27ClN2O5S/c1-17-8-4-5-9-18(17)15-25(2)22(27)16-31-23(28)20-14-19(10-11-21(20)24)32(29,30)26-12-6-3-7-13-26/h4-5,8-11,14H,3,6-7,12-13,15-16H2,1-2H3. The quantitative estimate of drug-likeness (QED) is 0.567. The van der Waals surface area contributed by atoms with E-state index in [4.69, 9.17) is 16.3 Å². The summed E-state index contributed by atoms with van der Waals surface area (Å²) in [5.41, 5.74) is 1.97. The van der Waals surface area contributed by atoms with Gasteiger partial charge in [-0.1, -0.05) is 42.3 Å². The molecule has 0 atom stereocenters. The number of nitrogens with zero attached hydrogens (tertiary/aromatic N) is 2. The van der Waals surface area contributed by atoms with Crippen LogP contribution in [0, 0.1) is 6.92 Å². The molecule has 1 aliphatic heterocycles. The molecule has 1 heterocycles. The summed E-state index contributed by atoms with van der Waals surface area (Å²) < 4.78 is 32.4. The fourth-order valence-electron chi connectivity index (χ4n) is 3.52. The van der Waals surface area contributed by atoms with Gasteiger partial charge in [0.2, 0.25) is 10.0 Å².